The number of thiophene rings is 1. The summed E-state index contributed by atoms with van der Waals surface area (Å²) in [6.07, 6.45) is 4.59. The Morgan fingerprint density at radius 3 is 2.86 bits per heavy atom. The highest BCUT2D eigenvalue weighted by molar-refractivity contribution is 9.11. The molecule has 6 nitrogen and oxygen atoms in total. The van der Waals surface area contributed by atoms with Crippen LogP contribution in [0.1, 0.15) is 15.2 Å². The van der Waals surface area contributed by atoms with Gasteiger partial charge in [0.2, 0.25) is 0 Å². The van der Waals surface area contributed by atoms with Crippen molar-refractivity contribution < 1.29 is 4.79 Å². The molecule has 3 heterocycles. The number of carbonyl (C=O) groups excluding carboxylic acids is 1. The highest BCUT2D eigenvalue weighted by Crippen LogP contribution is 2.27. The van der Waals surface area contributed by atoms with Crippen LogP contribution in [0.3, 0.4) is 0 Å². The van der Waals surface area contributed by atoms with Crippen molar-refractivity contribution in [1.82, 2.24) is 19.7 Å². The van der Waals surface area contributed by atoms with Gasteiger partial charge in [-0.15, -0.1) is 11.3 Å². The van der Waals surface area contributed by atoms with Crippen molar-refractivity contribution in [3.8, 4) is 5.82 Å². The van der Waals surface area contributed by atoms with Gasteiger partial charge in [-0.2, -0.15) is 5.10 Å². The van der Waals surface area contributed by atoms with Crippen molar-refractivity contribution in [2.45, 2.75) is 6.92 Å². The normalized spacial score (nSPS) is 10.6. The summed E-state index contributed by atoms with van der Waals surface area (Å²) < 4.78 is 2.51. The molecule has 8 heteroatoms. The number of amides is 1. The lowest BCUT2D eigenvalue weighted by Crippen LogP contribution is -2.10. The second-order valence-corrected chi connectivity index (χ2v) is 6.64. The van der Waals surface area contributed by atoms with Crippen molar-refractivity contribution >= 4 is 38.9 Å². The summed E-state index contributed by atoms with van der Waals surface area (Å²) in [5.74, 6) is 0.490. The Morgan fingerprint density at radius 1 is 1.43 bits per heavy atom. The van der Waals surface area contributed by atoms with E-state index in [4.69, 9.17) is 0 Å². The van der Waals surface area contributed by atoms with Crippen molar-refractivity contribution in [3.63, 3.8) is 0 Å². The molecule has 0 spiro atoms. The molecule has 0 fully saturated rings. The summed E-state index contributed by atoms with van der Waals surface area (Å²) in [5.41, 5.74) is 1.68. The number of rotatable bonds is 3. The molecule has 0 radical (unpaired) electrons. The second kappa shape index (κ2) is 5.74. The van der Waals surface area contributed by atoms with Gasteiger partial charge in [0.25, 0.3) is 5.91 Å². The fraction of sp³-hybridized carbons (Fsp3) is 0.0769. The molecule has 0 aliphatic rings. The zero-order chi connectivity index (χ0) is 14.8. The Labute approximate surface area is 133 Å². The van der Waals surface area contributed by atoms with Crippen molar-refractivity contribution in [2.24, 2.45) is 0 Å². The van der Waals surface area contributed by atoms with Crippen LogP contribution in [0.5, 0.6) is 0 Å². The van der Waals surface area contributed by atoms with Gasteiger partial charge in [-0.1, -0.05) is 0 Å². The van der Waals surface area contributed by atoms with Gasteiger partial charge >= 0.3 is 0 Å². The maximum Gasteiger partial charge on any atom is 0.265 e. The summed E-state index contributed by atoms with van der Waals surface area (Å²) >= 11 is 4.82. The van der Waals surface area contributed by atoms with Crippen LogP contribution in [-0.4, -0.2) is 25.7 Å². The van der Waals surface area contributed by atoms with Gasteiger partial charge in [0.05, 0.1) is 20.5 Å². The van der Waals surface area contributed by atoms with E-state index in [-0.39, 0.29) is 5.91 Å². The first kappa shape index (κ1) is 13.9. The fourth-order valence-electron chi connectivity index (χ4n) is 1.69. The molecule has 0 saturated carbocycles. The molecule has 0 aliphatic carbocycles. The number of carbonyl (C=O) groups is 1. The van der Waals surface area contributed by atoms with E-state index in [0.29, 0.717) is 16.4 Å². The van der Waals surface area contributed by atoms with Crippen LogP contribution in [0.25, 0.3) is 5.82 Å². The summed E-state index contributed by atoms with van der Waals surface area (Å²) in [6.45, 7) is 1.95. The molecule has 106 valence electrons. The minimum Gasteiger partial charge on any atom is -0.320 e. The molecule has 0 unspecified atom stereocenters. The third-order valence-electron chi connectivity index (χ3n) is 2.74. The number of aromatic nitrogens is 4. The van der Waals surface area contributed by atoms with E-state index < -0.39 is 0 Å². The number of nitrogens with zero attached hydrogens (tertiary/aromatic N) is 4. The SMILES string of the molecule is Cc1cc(C(=O)Nc2ccc(-n3cncn3)nc2)sc1Br. The zero-order valence-corrected chi connectivity index (χ0v) is 13.3. The number of hydrogen-bond acceptors (Lipinski definition) is 5. The van der Waals surface area contributed by atoms with E-state index in [1.807, 2.05) is 13.0 Å². The maximum absolute atomic E-state index is 12.1. The van der Waals surface area contributed by atoms with Crippen LogP contribution in [0.4, 0.5) is 5.69 Å². The number of pyridine rings is 1. The van der Waals surface area contributed by atoms with Crippen molar-refractivity contribution in [3.05, 3.63) is 51.3 Å². The van der Waals surface area contributed by atoms with Gasteiger partial charge in [-0.05, 0) is 46.6 Å². The van der Waals surface area contributed by atoms with Crippen molar-refractivity contribution in [2.75, 3.05) is 5.32 Å². The molecule has 3 aromatic heterocycles. The van der Waals surface area contributed by atoms with E-state index in [9.17, 15) is 4.79 Å². The van der Waals surface area contributed by atoms with Gasteiger partial charge < -0.3 is 5.32 Å². The molecule has 3 aromatic rings. The third-order valence-corrected chi connectivity index (χ3v) is 4.88. The number of halogens is 1. The molecular formula is C13H10BrN5OS. The van der Waals surface area contributed by atoms with E-state index in [1.54, 1.807) is 29.3 Å². The third kappa shape index (κ3) is 3.01. The summed E-state index contributed by atoms with van der Waals surface area (Å²) in [5, 5.41) is 6.80. The highest BCUT2D eigenvalue weighted by Gasteiger charge is 2.11. The number of aryl methyl sites for hydroxylation is 1. The molecule has 0 aliphatic heterocycles. The molecule has 0 saturated heterocycles. The monoisotopic (exact) mass is 363 g/mol. The fourth-order valence-corrected chi connectivity index (χ4v) is 3.12. The largest absolute Gasteiger partial charge is 0.320 e. The van der Waals surface area contributed by atoms with Gasteiger partial charge in [0.1, 0.15) is 12.7 Å². The zero-order valence-electron chi connectivity index (χ0n) is 10.9. The standard InChI is InChI=1S/C13H10BrN5OS/c1-8-4-10(21-12(8)14)13(20)18-9-2-3-11(16-5-9)19-7-15-6-17-19/h2-7H,1H3,(H,18,20). The smallest absolute Gasteiger partial charge is 0.265 e. The summed E-state index contributed by atoms with van der Waals surface area (Å²) in [7, 11) is 0. The molecule has 0 bridgehead atoms. The predicted octanol–water partition coefficient (Wildman–Crippen LogP) is 3.05. The van der Waals surface area contributed by atoms with Gasteiger partial charge in [-0.3, -0.25) is 4.79 Å². The first-order valence-corrected chi connectivity index (χ1v) is 7.63. The van der Waals surface area contributed by atoms with Gasteiger partial charge in [0, 0.05) is 0 Å². The average molecular weight is 364 g/mol. The van der Waals surface area contributed by atoms with Gasteiger partial charge in [0.15, 0.2) is 5.82 Å². The van der Waals surface area contributed by atoms with Crippen LogP contribution in [-0.2, 0) is 0 Å². The summed E-state index contributed by atoms with van der Waals surface area (Å²) in [4.78, 5) is 20.9. The predicted molar refractivity (Wildman–Crippen MR) is 83.9 cm³/mol. The Kier molecular flexibility index (Phi) is 3.80. The van der Waals surface area contributed by atoms with Crippen LogP contribution in [0.15, 0.2) is 40.8 Å². The number of nitrogens with one attached hydrogen (secondary N) is 1. The maximum atomic E-state index is 12.1. The molecule has 1 amide bonds. The Bertz CT molecular complexity index is 747. The van der Waals surface area contributed by atoms with Crippen LogP contribution in [0.2, 0.25) is 0 Å². The Morgan fingerprint density at radius 2 is 2.29 bits per heavy atom. The molecule has 1 N–H and O–H groups in total. The molecule has 0 atom stereocenters. The van der Waals surface area contributed by atoms with E-state index in [0.717, 1.165) is 9.35 Å². The average Bonchev–Trinajstić information content (AvgIpc) is 3.11. The van der Waals surface area contributed by atoms with Crippen LogP contribution in [0, 0.1) is 6.92 Å². The topological polar surface area (TPSA) is 72.7 Å². The molecular weight excluding hydrogens is 354 g/mol. The second-order valence-electron chi connectivity index (χ2n) is 4.27. The minimum absolute atomic E-state index is 0.149. The first-order chi connectivity index (χ1) is 10.1. The van der Waals surface area contributed by atoms with E-state index in [1.165, 1.54) is 17.7 Å². The van der Waals surface area contributed by atoms with E-state index in [2.05, 4.69) is 36.3 Å². The van der Waals surface area contributed by atoms with Gasteiger partial charge in [-0.25, -0.2) is 14.6 Å². The number of hydrogen-bond donors (Lipinski definition) is 1. The first-order valence-electron chi connectivity index (χ1n) is 6.02. The van der Waals surface area contributed by atoms with Crippen LogP contribution < -0.4 is 5.32 Å². The van der Waals surface area contributed by atoms with E-state index >= 15 is 0 Å². The minimum atomic E-state index is -0.149. The quantitative estimate of drug-likeness (QED) is 0.775. The Hall–Kier alpha value is -2.06. The molecule has 21 heavy (non-hydrogen) atoms. The Balaban J connectivity index is 1.74. The molecule has 0 aromatic carbocycles. The van der Waals surface area contributed by atoms with Crippen LogP contribution >= 0.6 is 27.3 Å². The number of anilines is 1. The van der Waals surface area contributed by atoms with Crippen molar-refractivity contribution in [1.29, 1.82) is 0 Å². The molecule has 3 rings (SSSR count). The highest BCUT2D eigenvalue weighted by atomic mass is 79.9. The lowest BCUT2D eigenvalue weighted by molar-refractivity contribution is 0.103. The lowest BCUT2D eigenvalue weighted by atomic mass is 10.3. The lowest BCUT2D eigenvalue weighted by Gasteiger charge is -2.04. The summed E-state index contributed by atoms with van der Waals surface area (Å²) in [6, 6.07) is 5.39.